The van der Waals surface area contributed by atoms with Crippen molar-refractivity contribution in [3.8, 4) is 0 Å². The molecule has 3 amide bonds. The van der Waals surface area contributed by atoms with Gasteiger partial charge in [0.15, 0.2) is 0 Å². The lowest BCUT2D eigenvalue weighted by atomic mass is 10.1. The first-order valence-electron chi connectivity index (χ1n) is 9.38. The molecule has 1 aromatic carbocycles. The fourth-order valence-corrected chi connectivity index (χ4v) is 3.13. The van der Waals surface area contributed by atoms with Crippen molar-refractivity contribution in [1.29, 1.82) is 0 Å². The van der Waals surface area contributed by atoms with Crippen molar-refractivity contribution in [3.63, 3.8) is 0 Å². The number of esters is 1. The van der Waals surface area contributed by atoms with Crippen molar-refractivity contribution in [2.75, 3.05) is 32.2 Å². The summed E-state index contributed by atoms with van der Waals surface area (Å²) in [4.78, 5) is 51.0. The fourth-order valence-electron chi connectivity index (χ4n) is 3.13. The minimum atomic E-state index is -0.609. The second-order valence-electron chi connectivity index (χ2n) is 6.57. The highest BCUT2D eigenvalue weighted by Crippen LogP contribution is 2.25. The average Bonchev–Trinajstić information content (AvgIpc) is 3.20. The zero-order chi connectivity index (χ0) is 21.8. The highest BCUT2D eigenvalue weighted by Gasteiger charge is 2.35. The molecule has 0 atom stereocenters. The summed E-state index contributed by atoms with van der Waals surface area (Å²) in [5, 5.41) is 6.60. The van der Waals surface area contributed by atoms with E-state index in [-0.39, 0.29) is 41.2 Å². The molecule has 10 heteroatoms. The Morgan fingerprint density at radius 3 is 2.60 bits per heavy atom. The molecule has 1 N–H and O–H groups in total. The number of carbonyl (C=O) groups is 4. The smallest absolute Gasteiger partial charge is 0.343 e. The predicted octanol–water partition coefficient (Wildman–Crippen LogP) is 1.48. The van der Waals surface area contributed by atoms with Gasteiger partial charge in [-0.1, -0.05) is 0 Å². The molecule has 1 aromatic heterocycles. The molecule has 0 aliphatic carbocycles. The van der Waals surface area contributed by atoms with Crippen molar-refractivity contribution in [3.05, 3.63) is 46.6 Å². The van der Waals surface area contributed by atoms with Gasteiger partial charge in [0, 0.05) is 32.9 Å². The number of aromatic nitrogens is 2. The standard InChI is InChI=1S/C20H22N4O6/c1-4-30-20(28)15-11-21-23(2)16(15)22-17(25)12-6-7-13-14(10-12)19(27)24(18(13)26)8-5-9-29-3/h6-7,10-11H,4-5,8-9H2,1-3H3,(H,22,25). The molecule has 0 bridgehead atoms. The summed E-state index contributed by atoms with van der Waals surface area (Å²) in [7, 11) is 3.12. The summed E-state index contributed by atoms with van der Waals surface area (Å²) in [5.41, 5.74) is 0.705. The van der Waals surface area contributed by atoms with Crippen LogP contribution in [0.2, 0.25) is 0 Å². The molecule has 0 unspecified atom stereocenters. The number of fused-ring (bicyclic) bond motifs is 1. The first-order chi connectivity index (χ1) is 14.4. The molecule has 2 heterocycles. The minimum absolute atomic E-state index is 0.115. The first-order valence-corrected chi connectivity index (χ1v) is 9.38. The number of ether oxygens (including phenoxy) is 2. The monoisotopic (exact) mass is 414 g/mol. The van der Waals surface area contributed by atoms with E-state index in [9.17, 15) is 19.2 Å². The number of anilines is 1. The van der Waals surface area contributed by atoms with Crippen molar-refractivity contribution in [1.82, 2.24) is 14.7 Å². The molecule has 0 fully saturated rings. The molecular formula is C20H22N4O6. The topological polar surface area (TPSA) is 120 Å². The second-order valence-corrected chi connectivity index (χ2v) is 6.57. The first kappa shape index (κ1) is 21.2. The third-order valence-electron chi connectivity index (χ3n) is 4.63. The van der Waals surface area contributed by atoms with Gasteiger partial charge in [-0.15, -0.1) is 0 Å². The van der Waals surface area contributed by atoms with E-state index >= 15 is 0 Å². The number of imide groups is 1. The van der Waals surface area contributed by atoms with Crippen molar-refractivity contribution in [2.45, 2.75) is 13.3 Å². The number of nitrogens with zero attached hydrogens (tertiary/aromatic N) is 3. The maximum absolute atomic E-state index is 12.7. The summed E-state index contributed by atoms with van der Waals surface area (Å²) in [6.07, 6.45) is 1.82. The van der Waals surface area contributed by atoms with Gasteiger partial charge in [0.05, 0.1) is 23.9 Å². The van der Waals surface area contributed by atoms with E-state index in [0.29, 0.717) is 13.0 Å². The maximum atomic E-state index is 12.7. The zero-order valence-corrected chi connectivity index (χ0v) is 16.9. The highest BCUT2D eigenvalue weighted by atomic mass is 16.5. The Bertz CT molecular complexity index is 1010. The van der Waals surface area contributed by atoms with Crippen LogP contribution in [0.15, 0.2) is 24.4 Å². The van der Waals surface area contributed by atoms with Gasteiger partial charge in [0.1, 0.15) is 11.4 Å². The van der Waals surface area contributed by atoms with Gasteiger partial charge in [-0.25, -0.2) is 4.79 Å². The largest absolute Gasteiger partial charge is 0.462 e. The molecular weight excluding hydrogens is 392 g/mol. The summed E-state index contributed by atoms with van der Waals surface area (Å²) >= 11 is 0. The lowest BCUT2D eigenvalue weighted by Gasteiger charge is -2.12. The van der Waals surface area contributed by atoms with Crippen LogP contribution in [-0.4, -0.2) is 65.2 Å². The van der Waals surface area contributed by atoms with Crippen LogP contribution in [0.25, 0.3) is 0 Å². The third-order valence-corrected chi connectivity index (χ3v) is 4.63. The van der Waals surface area contributed by atoms with Crippen LogP contribution in [0, 0.1) is 0 Å². The number of nitrogens with one attached hydrogen (secondary N) is 1. The molecule has 0 saturated carbocycles. The van der Waals surface area contributed by atoms with Gasteiger partial charge >= 0.3 is 5.97 Å². The Kier molecular flexibility index (Phi) is 6.26. The van der Waals surface area contributed by atoms with Crippen LogP contribution in [0.4, 0.5) is 5.82 Å². The van der Waals surface area contributed by atoms with Crippen LogP contribution >= 0.6 is 0 Å². The Morgan fingerprint density at radius 1 is 1.17 bits per heavy atom. The summed E-state index contributed by atoms with van der Waals surface area (Å²) in [5.74, 6) is -1.84. The predicted molar refractivity (Wildman–Crippen MR) is 105 cm³/mol. The quantitative estimate of drug-likeness (QED) is 0.395. The normalized spacial score (nSPS) is 12.8. The van der Waals surface area contributed by atoms with Gasteiger partial charge < -0.3 is 14.8 Å². The molecule has 158 valence electrons. The molecule has 2 aromatic rings. The van der Waals surface area contributed by atoms with Crippen LogP contribution in [0.5, 0.6) is 0 Å². The highest BCUT2D eigenvalue weighted by molar-refractivity contribution is 6.22. The number of aryl methyl sites for hydroxylation is 1. The van der Waals surface area contributed by atoms with E-state index in [4.69, 9.17) is 9.47 Å². The Labute approximate surface area is 172 Å². The van der Waals surface area contributed by atoms with Crippen LogP contribution < -0.4 is 5.32 Å². The lowest BCUT2D eigenvalue weighted by Crippen LogP contribution is -2.31. The third kappa shape index (κ3) is 3.94. The maximum Gasteiger partial charge on any atom is 0.343 e. The molecule has 3 rings (SSSR count). The minimum Gasteiger partial charge on any atom is -0.462 e. The van der Waals surface area contributed by atoms with Gasteiger partial charge in [0.25, 0.3) is 17.7 Å². The summed E-state index contributed by atoms with van der Waals surface area (Å²) in [6.45, 7) is 2.52. The molecule has 0 radical (unpaired) electrons. The molecule has 30 heavy (non-hydrogen) atoms. The summed E-state index contributed by atoms with van der Waals surface area (Å²) < 4.78 is 11.3. The molecule has 1 aliphatic heterocycles. The van der Waals surface area contributed by atoms with Gasteiger partial charge in [-0.2, -0.15) is 5.10 Å². The van der Waals surface area contributed by atoms with Crippen LogP contribution in [0.1, 0.15) is 54.8 Å². The van der Waals surface area contributed by atoms with Crippen LogP contribution in [0.3, 0.4) is 0 Å². The SMILES string of the molecule is CCOC(=O)c1cnn(C)c1NC(=O)c1ccc2c(c1)C(=O)N(CCCOC)C2=O. The molecule has 0 spiro atoms. The number of methoxy groups -OCH3 is 1. The number of carbonyl (C=O) groups excluding carboxylic acids is 4. The van der Waals surface area contributed by atoms with Gasteiger partial charge in [-0.05, 0) is 31.5 Å². The van der Waals surface area contributed by atoms with Crippen molar-refractivity contribution in [2.24, 2.45) is 7.05 Å². The van der Waals surface area contributed by atoms with E-state index in [0.717, 1.165) is 4.90 Å². The van der Waals surface area contributed by atoms with E-state index in [1.165, 1.54) is 29.1 Å². The van der Waals surface area contributed by atoms with Crippen LogP contribution in [-0.2, 0) is 16.5 Å². The average molecular weight is 414 g/mol. The van der Waals surface area contributed by atoms with Crippen molar-refractivity contribution >= 4 is 29.5 Å². The zero-order valence-electron chi connectivity index (χ0n) is 16.9. The molecule has 1 aliphatic rings. The van der Waals surface area contributed by atoms with E-state index in [1.54, 1.807) is 21.1 Å². The Hall–Kier alpha value is -3.53. The van der Waals surface area contributed by atoms with E-state index in [1.807, 2.05) is 0 Å². The van der Waals surface area contributed by atoms with E-state index < -0.39 is 23.7 Å². The van der Waals surface area contributed by atoms with Gasteiger partial charge in [-0.3, -0.25) is 24.0 Å². The number of rotatable bonds is 8. The van der Waals surface area contributed by atoms with Crippen molar-refractivity contribution < 1.29 is 28.7 Å². The lowest BCUT2D eigenvalue weighted by molar-refractivity contribution is 0.0526. The molecule has 0 saturated heterocycles. The number of amides is 3. The molecule has 10 nitrogen and oxygen atoms in total. The number of benzene rings is 1. The fraction of sp³-hybridized carbons (Fsp3) is 0.350. The number of hydrogen-bond donors (Lipinski definition) is 1. The van der Waals surface area contributed by atoms with Gasteiger partial charge in [0.2, 0.25) is 0 Å². The second kappa shape index (κ2) is 8.87. The van der Waals surface area contributed by atoms with E-state index in [2.05, 4.69) is 10.4 Å². The summed E-state index contributed by atoms with van der Waals surface area (Å²) in [6, 6.07) is 4.29. The Morgan fingerprint density at radius 2 is 1.90 bits per heavy atom. The number of hydrogen-bond acceptors (Lipinski definition) is 7. The Balaban J connectivity index is 1.81.